The van der Waals surface area contributed by atoms with Crippen molar-refractivity contribution in [3.63, 3.8) is 0 Å². The minimum Gasteiger partial charge on any atom is -0.394 e. The average molecular weight is 254 g/mol. The van der Waals surface area contributed by atoms with Crippen LogP contribution in [-0.2, 0) is 0 Å². The Bertz CT molecular complexity index is 547. The Morgan fingerprint density at radius 3 is 2.42 bits per heavy atom. The van der Waals surface area contributed by atoms with Gasteiger partial charge in [0.1, 0.15) is 12.0 Å². The SMILES string of the molecule is Nc1c(-c2ccccc2)ncnc1N1CCCCC1. The van der Waals surface area contributed by atoms with E-state index in [-0.39, 0.29) is 0 Å². The zero-order valence-electron chi connectivity index (χ0n) is 10.9. The number of nitrogens with zero attached hydrogens (tertiary/aromatic N) is 3. The number of hydrogen-bond acceptors (Lipinski definition) is 4. The number of nitrogen functional groups attached to an aromatic ring is 1. The van der Waals surface area contributed by atoms with E-state index < -0.39 is 0 Å². The number of piperidine rings is 1. The zero-order chi connectivity index (χ0) is 13.1. The Kier molecular flexibility index (Phi) is 3.31. The third-order valence-electron chi connectivity index (χ3n) is 3.57. The lowest BCUT2D eigenvalue weighted by Crippen LogP contribution is -2.31. The van der Waals surface area contributed by atoms with Crippen molar-refractivity contribution in [2.75, 3.05) is 23.7 Å². The number of rotatable bonds is 2. The number of benzene rings is 1. The predicted molar refractivity (Wildman–Crippen MR) is 77.9 cm³/mol. The molecule has 2 N–H and O–H groups in total. The average Bonchev–Trinajstić information content (AvgIpc) is 2.49. The highest BCUT2D eigenvalue weighted by Crippen LogP contribution is 2.31. The molecule has 0 unspecified atom stereocenters. The van der Waals surface area contributed by atoms with Gasteiger partial charge in [-0.1, -0.05) is 30.3 Å². The van der Waals surface area contributed by atoms with Gasteiger partial charge in [0.2, 0.25) is 0 Å². The first-order chi connectivity index (χ1) is 9.36. The Morgan fingerprint density at radius 1 is 0.947 bits per heavy atom. The Balaban J connectivity index is 1.99. The monoisotopic (exact) mass is 254 g/mol. The maximum atomic E-state index is 6.28. The van der Waals surface area contributed by atoms with E-state index in [0.29, 0.717) is 5.69 Å². The molecule has 1 aliphatic heterocycles. The predicted octanol–water partition coefficient (Wildman–Crippen LogP) is 2.72. The highest BCUT2D eigenvalue weighted by molar-refractivity contribution is 5.80. The van der Waals surface area contributed by atoms with E-state index in [1.54, 1.807) is 6.33 Å². The van der Waals surface area contributed by atoms with E-state index in [4.69, 9.17) is 5.73 Å². The second kappa shape index (κ2) is 5.26. The molecule has 4 nitrogen and oxygen atoms in total. The smallest absolute Gasteiger partial charge is 0.155 e. The van der Waals surface area contributed by atoms with Crippen LogP contribution in [0.25, 0.3) is 11.3 Å². The minimum absolute atomic E-state index is 0.690. The number of aromatic nitrogens is 2. The van der Waals surface area contributed by atoms with Crippen LogP contribution >= 0.6 is 0 Å². The third-order valence-corrected chi connectivity index (χ3v) is 3.57. The van der Waals surface area contributed by atoms with Gasteiger partial charge in [-0.25, -0.2) is 9.97 Å². The van der Waals surface area contributed by atoms with Crippen LogP contribution in [0.5, 0.6) is 0 Å². The lowest BCUT2D eigenvalue weighted by atomic mass is 10.1. The fourth-order valence-corrected chi connectivity index (χ4v) is 2.57. The molecule has 0 radical (unpaired) electrons. The van der Waals surface area contributed by atoms with Crippen molar-refractivity contribution in [1.82, 2.24) is 9.97 Å². The van der Waals surface area contributed by atoms with Crippen LogP contribution in [0.15, 0.2) is 36.7 Å². The molecule has 0 spiro atoms. The summed E-state index contributed by atoms with van der Waals surface area (Å²) in [5.74, 6) is 0.883. The largest absolute Gasteiger partial charge is 0.394 e. The van der Waals surface area contributed by atoms with Gasteiger partial charge >= 0.3 is 0 Å². The quantitative estimate of drug-likeness (QED) is 0.895. The van der Waals surface area contributed by atoms with Crippen molar-refractivity contribution in [2.45, 2.75) is 19.3 Å². The fourth-order valence-electron chi connectivity index (χ4n) is 2.57. The van der Waals surface area contributed by atoms with Crippen LogP contribution in [0.1, 0.15) is 19.3 Å². The summed E-state index contributed by atoms with van der Waals surface area (Å²) in [6.45, 7) is 2.07. The van der Waals surface area contributed by atoms with Crippen molar-refractivity contribution in [3.8, 4) is 11.3 Å². The third kappa shape index (κ3) is 2.38. The van der Waals surface area contributed by atoms with Gasteiger partial charge in [-0.3, -0.25) is 0 Å². The summed E-state index contributed by atoms with van der Waals surface area (Å²) in [5, 5.41) is 0. The van der Waals surface area contributed by atoms with Gasteiger partial charge in [-0.15, -0.1) is 0 Å². The lowest BCUT2D eigenvalue weighted by Gasteiger charge is -2.28. The number of nitrogens with two attached hydrogens (primary N) is 1. The molecule has 0 aliphatic carbocycles. The summed E-state index contributed by atoms with van der Waals surface area (Å²) in [6.07, 6.45) is 5.34. The summed E-state index contributed by atoms with van der Waals surface area (Å²) in [7, 11) is 0. The van der Waals surface area contributed by atoms with E-state index >= 15 is 0 Å². The van der Waals surface area contributed by atoms with Crippen molar-refractivity contribution >= 4 is 11.5 Å². The molecule has 0 bridgehead atoms. The van der Waals surface area contributed by atoms with Crippen LogP contribution in [-0.4, -0.2) is 23.1 Å². The molecule has 19 heavy (non-hydrogen) atoms. The number of anilines is 2. The molecule has 0 atom stereocenters. The zero-order valence-corrected chi connectivity index (χ0v) is 10.9. The summed E-state index contributed by atoms with van der Waals surface area (Å²) >= 11 is 0. The Labute approximate surface area is 113 Å². The molecule has 0 amide bonds. The molecule has 1 aromatic carbocycles. The number of hydrogen-bond donors (Lipinski definition) is 1. The molecule has 98 valence electrons. The van der Waals surface area contributed by atoms with Crippen LogP contribution in [0, 0.1) is 0 Å². The van der Waals surface area contributed by atoms with Crippen molar-refractivity contribution in [2.24, 2.45) is 0 Å². The maximum Gasteiger partial charge on any atom is 0.155 e. The van der Waals surface area contributed by atoms with Gasteiger partial charge in [0, 0.05) is 18.7 Å². The molecule has 4 heteroatoms. The van der Waals surface area contributed by atoms with Crippen LogP contribution < -0.4 is 10.6 Å². The van der Waals surface area contributed by atoms with E-state index in [2.05, 4.69) is 14.9 Å². The van der Waals surface area contributed by atoms with Crippen molar-refractivity contribution in [1.29, 1.82) is 0 Å². The first-order valence-corrected chi connectivity index (χ1v) is 6.77. The maximum absolute atomic E-state index is 6.28. The fraction of sp³-hybridized carbons (Fsp3) is 0.333. The molecule has 1 aromatic heterocycles. The second-order valence-corrected chi connectivity index (χ2v) is 4.87. The van der Waals surface area contributed by atoms with Crippen LogP contribution in [0.2, 0.25) is 0 Å². The van der Waals surface area contributed by atoms with Crippen molar-refractivity contribution < 1.29 is 0 Å². The standard InChI is InChI=1S/C15H18N4/c16-13-14(12-7-3-1-4-8-12)17-11-18-15(13)19-9-5-2-6-10-19/h1,3-4,7-8,11H,2,5-6,9-10,16H2. The van der Waals surface area contributed by atoms with Gasteiger partial charge in [0.05, 0.1) is 5.69 Å². The van der Waals surface area contributed by atoms with Gasteiger partial charge < -0.3 is 10.6 Å². The molecule has 3 rings (SSSR count). The van der Waals surface area contributed by atoms with Gasteiger partial charge in [0.15, 0.2) is 5.82 Å². The highest BCUT2D eigenvalue weighted by atomic mass is 15.2. The van der Waals surface area contributed by atoms with E-state index in [0.717, 1.165) is 30.2 Å². The van der Waals surface area contributed by atoms with Crippen molar-refractivity contribution in [3.05, 3.63) is 36.7 Å². The van der Waals surface area contributed by atoms with Gasteiger partial charge in [-0.2, -0.15) is 0 Å². The van der Waals surface area contributed by atoms with E-state index in [1.165, 1.54) is 19.3 Å². The Hall–Kier alpha value is -2.10. The summed E-state index contributed by atoms with van der Waals surface area (Å²) in [4.78, 5) is 11.0. The molecular weight excluding hydrogens is 236 g/mol. The minimum atomic E-state index is 0.690. The molecule has 2 heterocycles. The highest BCUT2D eigenvalue weighted by Gasteiger charge is 2.17. The van der Waals surface area contributed by atoms with Gasteiger partial charge in [-0.05, 0) is 19.3 Å². The molecule has 1 aliphatic rings. The molecule has 0 saturated carbocycles. The van der Waals surface area contributed by atoms with E-state index in [9.17, 15) is 0 Å². The topological polar surface area (TPSA) is 55.0 Å². The van der Waals surface area contributed by atoms with Gasteiger partial charge in [0.25, 0.3) is 0 Å². The Morgan fingerprint density at radius 2 is 1.68 bits per heavy atom. The molecule has 1 fully saturated rings. The first-order valence-electron chi connectivity index (χ1n) is 6.77. The molecule has 2 aromatic rings. The molecule has 1 saturated heterocycles. The first kappa shape index (κ1) is 12.0. The molecular formula is C15H18N4. The van der Waals surface area contributed by atoms with Crippen LogP contribution in [0.4, 0.5) is 11.5 Å². The summed E-state index contributed by atoms with van der Waals surface area (Å²) in [6, 6.07) is 10.0. The second-order valence-electron chi connectivity index (χ2n) is 4.87. The van der Waals surface area contributed by atoms with E-state index in [1.807, 2.05) is 30.3 Å². The van der Waals surface area contributed by atoms with Crippen LogP contribution in [0.3, 0.4) is 0 Å². The summed E-state index contributed by atoms with van der Waals surface area (Å²) in [5.41, 5.74) is 8.84. The summed E-state index contributed by atoms with van der Waals surface area (Å²) < 4.78 is 0. The normalized spacial score (nSPS) is 15.5. The lowest BCUT2D eigenvalue weighted by molar-refractivity contribution is 0.573.